The fraction of sp³-hybridized carbons (Fsp3) is 0.600. The molecule has 1 saturated carbocycles. The van der Waals surface area contributed by atoms with Crippen LogP contribution in [-0.4, -0.2) is 23.5 Å². The number of aromatic nitrogens is 1. The highest BCUT2D eigenvalue weighted by molar-refractivity contribution is 6.33. The van der Waals surface area contributed by atoms with Crippen LogP contribution >= 0.6 is 11.6 Å². The summed E-state index contributed by atoms with van der Waals surface area (Å²) in [7, 11) is 0. The van der Waals surface area contributed by atoms with Crippen molar-refractivity contribution in [2.24, 2.45) is 5.92 Å². The second-order valence-electron chi connectivity index (χ2n) is 5.39. The highest BCUT2D eigenvalue weighted by Crippen LogP contribution is 2.27. The Kier molecular flexibility index (Phi) is 5.24. The van der Waals surface area contributed by atoms with Gasteiger partial charge < -0.3 is 10.6 Å². The first-order valence-corrected chi connectivity index (χ1v) is 7.70. The van der Waals surface area contributed by atoms with E-state index in [9.17, 15) is 4.79 Å². The zero-order valence-corrected chi connectivity index (χ0v) is 12.8. The number of rotatable bonds is 5. The van der Waals surface area contributed by atoms with Crippen LogP contribution in [0.3, 0.4) is 0 Å². The molecule has 0 saturated heterocycles. The van der Waals surface area contributed by atoms with Crippen LogP contribution in [0.4, 0.5) is 5.82 Å². The Labute approximate surface area is 125 Å². The third-order valence-corrected chi connectivity index (χ3v) is 4.20. The van der Waals surface area contributed by atoms with E-state index in [1.807, 2.05) is 6.92 Å². The largest absolute Gasteiger partial charge is 0.369 e. The molecule has 1 aromatic heterocycles. The zero-order valence-electron chi connectivity index (χ0n) is 12.1. The number of halogens is 1. The number of pyridine rings is 1. The van der Waals surface area contributed by atoms with Crippen molar-refractivity contribution in [1.29, 1.82) is 0 Å². The standard InChI is InChI=1S/C15H22ClN3O/c1-3-17-14-13(16)8-12(9-18-14)15(20)19-10(2)11-6-4-5-7-11/h8-11H,3-7H2,1-2H3,(H,17,18)(H,19,20). The normalized spacial score (nSPS) is 16.9. The number of carbonyl (C=O) groups is 1. The monoisotopic (exact) mass is 295 g/mol. The van der Waals surface area contributed by atoms with Gasteiger partial charge in [-0.25, -0.2) is 4.98 Å². The molecule has 110 valence electrons. The molecule has 1 unspecified atom stereocenters. The van der Waals surface area contributed by atoms with Gasteiger partial charge in [-0.2, -0.15) is 0 Å². The smallest absolute Gasteiger partial charge is 0.253 e. The fourth-order valence-electron chi connectivity index (χ4n) is 2.72. The maximum absolute atomic E-state index is 12.2. The molecule has 0 aromatic carbocycles. The summed E-state index contributed by atoms with van der Waals surface area (Å²) in [4.78, 5) is 16.4. The van der Waals surface area contributed by atoms with Gasteiger partial charge in [-0.05, 0) is 38.7 Å². The number of carbonyl (C=O) groups excluding carboxylic acids is 1. The van der Waals surface area contributed by atoms with Crippen LogP contribution in [-0.2, 0) is 0 Å². The molecule has 0 spiro atoms. The quantitative estimate of drug-likeness (QED) is 0.874. The highest BCUT2D eigenvalue weighted by atomic mass is 35.5. The van der Waals surface area contributed by atoms with Crippen molar-refractivity contribution in [3.05, 3.63) is 22.8 Å². The summed E-state index contributed by atoms with van der Waals surface area (Å²) in [5, 5.41) is 6.59. The second-order valence-corrected chi connectivity index (χ2v) is 5.80. The number of hydrogen-bond acceptors (Lipinski definition) is 3. The average Bonchev–Trinajstić information content (AvgIpc) is 2.95. The third kappa shape index (κ3) is 3.63. The first-order valence-electron chi connectivity index (χ1n) is 7.32. The van der Waals surface area contributed by atoms with Gasteiger partial charge in [0.2, 0.25) is 0 Å². The SMILES string of the molecule is CCNc1ncc(C(=O)NC(C)C2CCCC2)cc1Cl. The van der Waals surface area contributed by atoms with Crippen LogP contribution in [0, 0.1) is 5.92 Å². The van der Waals surface area contributed by atoms with Crippen molar-refractivity contribution in [3.8, 4) is 0 Å². The van der Waals surface area contributed by atoms with E-state index >= 15 is 0 Å². The van der Waals surface area contributed by atoms with E-state index in [-0.39, 0.29) is 11.9 Å². The lowest BCUT2D eigenvalue weighted by molar-refractivity contribution is 0.0927. The fourth-order valence-corrected chi connectivity index (χ4v) is 2.96. The molecular formula is C15H22ClN3O. The highest BCUT2D eigenvalue weighted by Gasteiger charge is 2.23. The molecule has 0 radical (unpaired) electrons. The molecule has 1 heterocycles. The molecule has 0 aliphatic heterocycles. The number of nitrogens with zero attached hydrogens (tertiary/aromatic N) is 1. The van der Waals surface area contributed by atoms with Gasteiger partial charge in [0.1, 0.15) is 5.82 Å². The molecule has 1 atom stereocenters. The molecule has 1 aliphatic carbocycles. The maximum atomic E-state index is 12.2. The Morgan fingerprint density at radius 1 is 1.50 bits per heavy atom. The Hall–Kier alpha value is -1.29. The lowest BCUT2D eigenvalue weighted by Crippen LogP contribution is -2.37. The summed E-state index contributed by atoms with van der Waals surface area (Å²) >= 11 is 6.11. The van der Waals surface area contributed by atoms with Crippen molar-refractivity contribution in [2.75, 3.05) is 11.9 Å². The zero-order chi connectivity index (χ0) is 14.5. The van der Waals surface area contributed by atoms with Crippen LogP contribution in [0.2, 0.25) is 5.02 Å². The van der Waals surface area contributed by atoms with Gasteiger partial charge in [-0.1, -0.05) is 24.4 Å². The molecule has 1 amide bonds. The molecule has 2 rings (SSSR count). The first-order chi connectivity index (χ1) is 9.61. The predicted molar refractivity (Wildman–Crippen MR) is 82.3 cm³/mol. The topological polar surface area (TPSA) is 54.0 Å². The van der Waals surface area contributed by atoms with Gasteiger partial charge in [0.25, 0.3) is 5.91 Å². The summed E-state index contributed by atoms with van der Waals surface area (Å²) < 4.78 is 0. The van der Waals surface area contributed by atoms with Crippen LogP contribution in [0.15, 0.2) is 12.3 Å². The van der Waals surface area contributed by atoms with E-state index in [2.05, 4.69) is 22.5 Å². The van der Waals surface area contributed by atoms with Gasteiger partial charge >= 0.3 is 0 Å². The summed E-state index contributed by atoms with van der Waals surface area (Å²) in [6.07, 6.45) is 6.53. The summed E-state index contributed by atoms with van der Waals surface area (Å²) in [5.41, 5.74) is 0.515. The van der Waals surface area contributed by atoms with E-state index < -0.39 is 0 Å². The van der Waals surface area contributed by atoms with Crippen molar-refractivity contribution in [3.63, 3.8) is 0 Å². The molecular weight excluding hydrogens is 274 g/mol. The second kappa shape index (κ2) is 6.93. The molecule has 2 N–H and O–H groups in total. The van der Waals surface area contributed by atoms with Crippen LogP contribution in [0.25, 0.3) is 0 Å². The molecule has 1 fully saturated rings. The van der Waals surface area contributed by atoms with Gasteiger partial charge in [0.15, 0.2) is 0 Å². The van der Waals surface area contributed by atoms with Crippen molar-refractivity contribution < 1.29 is 4.79 Å². The lowest BCUT2D eigenvalue weighted by Gasteiger charge is -2.20. The molecule has 20 heavy (non-hydrogen) atoms. The number of anilines is 1. The van der Waals surface area contributed by atoms with E-state index in [0.29, 0.717) is 22.3 Å². The molecule has 0 bridgehead atoms. The van der Waals surface area contributed by atoms with Crippen LogP contribution in [0.1, 0.15) is 49.9 Å². The minimum atomic E-state index is -0.0955. The van der Waals surface area contributed by atoms with Crippen LogP contribution in [0.5, 0.6) is 0 Å². The number of hydrogen-bond donors (Lipinski definition) is 2. The maximum Gasteiger partial charge on any atom is 0.253 e. The summed E-state index contributed by atoms with van der Waals surface area (Å²) in [5.74, 6) is 1.12. The first kappa shape index (κ1) is 15.1. The number of nitrogens with one attached hydrogen (secondary N) is 2. The molecule has 1 aromatic rings. The van der Waals surface area contributed by atoms with Crippen molar-refractivity contribution in [2.45, 2.75) is 45.6 Å². The Morgan fingerprint density at radius 2 is 2.20 bits per heavy atom. The van der Waals surface area contributed by atoms with E-state index in [1.165, 1.54) is 25.7 Å². The van der Waals surface area contributed by atoms with Crippen molar-refractivity contribution in [1.82, 2.24) is 10.3 Å². The van der Waals surface area contributed by atoms with E-state index in [0.717, 1.165) is 6.54 Å². The Morgan fingerprint density at radius 3 is 2.80 bits per heavy atom. The summed E-state index contributed by atoms with van der Waals surface area (Å²) in [6.45, 7) is 4.80. The molecule has 1 aliphatic rings. The van der Waals surface area contributed by atoms with E-state index in [4.69, 9.17) is 11.6 Å². The molecule has 4 nitrogen and oxygen atoms in total. The van der Waals surface area contributed by atoms with E-state index in [1.54, 1.807) is 12.3 Å². The van der Waals surface area contributed by atoms with Crippen molar-refractivity contribution >= 4 is 23.3 Å². The van der Waals surface area contributed by atoms with Gasteiger partial charge in [-0.15, -0.1) is 0 Å². The Balaban J connectivity index is 1.99. The average molecular weight is 296 g/mol. The minimum absolute atomic E-state index is 0.0955. The van der Waals surface area contributed by atoms with Gasteiger partial charge in [0, 0.05) is 18.8 Å². The van der Waals surface area contributed by atoms with Crippen LogP contribution < -0.4 is 10.6 Å². The minimum Gasteiger partial charge on any atom is -0.369 e. The summed E-state index contributed by atoms with van der Waals surface area (Å²) in [6, 6.07) is 1.88. The molecule has 5 heteroatoms. The third-order valence-electron chi connectivity index (χ3n) is 3.91. The number of amides is 1. The van der Waals surface area contributed by atoms with Gasteiger partial charge in [-0.3, -0.25) is 4.79 Å². The Bertz CT molecular complexity index is 472. The predicted octanol–water partition coefficient (Wildman–Crippen LogP) is 3.48. The lowest BCUT2D eigenvalue weighted by atomic mass is 9.99. The van der Waals surface area contributed by atoms with Gasteiger partial charge in [0.05, 0.1) is 10.6 Å².